The maximum absolute atomic E-state index is 13.4. The third-order valence-electron chi connectivity index (χ3n) is 5.81. The van der Waals surface area contributed by atoms with Crippen LogP contribution in [0, 0.1) is 6.92 Å². The summed E-state index contributed by atoms with van der Waals surface area (Å²) in [5.74, 6) is 1.50. The Kier molecular flexibility index (Phi) is 5.83. The Labute approximate surface area is 195 Å². The molecule has 0 bridgehead atoms. The molecule has 2 aromatic carbocycles. The van der Waals surface area contributed by atoms with Gasteiger partial charge in [0.1, 0.15) is 5.82 Å². The number of aromatic amines is 1. The van der Waals surface area contributed by atoms with Crippen LogP contribution in [0.1, 0.15) is 36.7 Å². The number of fused-ring (bicyclic) bond motifs is 1. The van der Waals surface area contributed by atoms with Gasteiger partial charge in [0.05, 0.1) is 17.4 Å². The summed E-state index contributed by atoms with van der Waals surface area (Å²) in [7, 11) is 0. The molecule has 0 aliphatic rings. The lowest BCUT2D eigenvalue weighted by Gasteiger charge is -2.14. The maximum atomic E-state index is 13.4. The molecule has 0 unspecified atom stereocenters. The number of nitrogens with zero attached hydrogens (tertiary/aromatic N) is 5. The van der Waals surface area contributed by atoms with E-state index in [1.807, 2.05) is 35.1 Å². The van der Waals surface area contributed by atoms with Crippen molar-refractivity contribution in [1.29, 1.82) is 0 Å². The number of nitrogens with one attached hydrogen (secondary N) is 1. The number of aryl methyl sites for hydroxylation is 2. The number of H-pyrrole nitrogens is 1. The summed E-state index contributed by atoms with van der Waals surface area (Å²) < 4.78 is 1.84. The lowest BCUT2D eigenvalue weighted by Crippen LogP contribution is -2.26. The highest BCUT2D eigenvalue weighted by Gasteiger charge is 2.14. The second kappa shape index (κ2) is 9.07. The first-order valence-corrected chi connectivity index (χ1v) is 12.0. The molecule has 0 saturated carbocycles. The minimum atomic E-state index is 0.0248. The molecule has 0 aliphatic heterocycles. The summed E-state index contributed by atoms with van der Waals surface area (Å²) >= 11 is 1.61. The second-order valence-corrected chi connectivity index (χ2v) is 8.93. The van der Waals surface area contributed by atoms with E-state index in [0.717, 1.165) is 58.4 Å². The molecule has 0 spiro atoms. The van der Waals surface area contributed by atoms with E-state index in [1.165, 1.54) is 0 Å². The smallest absolute Gasteiger partial charge is 0.261 e. The standard InChI is InChI=1S/C25H24N6OS/c1-3-4-5-23-26-22-11-6-16(2)12-19(22)25(32)31(23)13-17-7-9-18(10-8-17)20-14-33-15-21(20)24-27-29-30-28-24/h6-12,14-15H,3-5,13H2,1-2H3,(H,27,28,29,30). The zero-order chi connectivity index (χ0) is 22.8. The quantitative estimate of drug-likeness (QED) is 0.372. The summed E-state index contributed by atoms with van der Waals surface area (Å²) in [6, 6.07) is 14.2. The molecule has 0 fully saturated rings. The van der Waals surface area contributed by atoms with Gasteiger partial charge in [-0.1, -0.05) is 49.2 Å². The Bertz CT molecular complexity index is 1450. The predicted molar refractivity (Wildman–Crippen MR) is 131 cm³/mol. The normalized spacial score (nSPS) is 11.3. The summed E-state index contributed by atoms with van der Waals surface area (Å²) in [6.07, 6.45) is 2.84. The van der Waals surface area contributed by atoms with Crippen molar-refractivity contribution < 1.29 is 0 Å². The summed E-state index contributed by atoms with van der Waals surface area (Å²) in [4.78, 5) is 18.3. The van der Waals surface area contributed by atoms with Gasteiger partial charge in [-0.3, -0.25) is 9.36 Å². The third-order valence-corrected chi connectivity index (χ3v) is 6.55. The minimum absolute atomic E-state index is 0.0248. The summed E-state index contributed by atoms with van der Waals surface area (Å²) in [5, 5.41) is 19.0. The van der Waals surface area contributed by atoms with E-state index >= 15 is 0 Å². The van der Waals surface area contributed by atoms with Gasteiger partial charge in [0.25, 0.3) is 5.56 Å². The molecular weight excluding hydrogens is 432 g/mol. The highest BCUT2D eigenvalue weighted by atomic mass is 32.1. The molecule has 3 aromatic heterocycles. The first-order chi connectivity index (χ1) is 16.1. The molecule has 8 heteroatoms. The average molecular weight is 457 g/mol. The van der Waals surface area contributed by atoms with E-state index in [1.54, 1.807) is 11.3 Å². The van der Waals surface area contributed by atoms with Crippen molar-refractivity contribution in [3.8, 4) is 22.5 Å². The van der Waals surface area contributed by atoms with E-state index < -0.39 is 0 Å². The van der Waals surface area contributed by atoms with Crippen molar-refractivity contribution >= 4 is 22.2 Å². The number of thiophene rings is 1. The molecule has 166 valence electrons. The molecule has 5 rings (SSSR count). The van der Waals surface area contributed by atoms with Crippen LogP contribution < -0.4 is 5.56 Å². The van der Waals surface area contributed by atoms with E-state index in [9.17, 15) is 4.79 Å². The molecule has 0 amide bonds. The molecule has 0 atom stereocenters. The van der Waals surface area contributed by atoms with Gasteiger partial charge >= 0.3 is 0 Å². The largest absolute Gasteiger partial charge is 0.292 e. The number of tetrazole rings is 1. The first-order valence-electron chi connectivity index (χ1n) is 11.0. The molecule has 33 heavy (non-hydrogen) atoms. The molecule has 0 saturated heterocycles. The highest BCUT2D eigenvalue weighted by Crippen LogP contribution is 2.33. The number of benzene rings is 2. The van der Waals surface area contributed by atoms with E-state index in [-0.39, 0.29) is 5.56 Å². The molecule has 7 nitrogen and oxygen atoms in total. The Morgan fingerprint density at radius 2 is 1.88 bits per heavy atom. The fraction of sp³-hybridized carbons (Fsp3) is 0.240. The Morgan fingerprint density at radius 1 is 1.06 bits per heavy atom. The second-order valence-electron chi connectivity index (χ2n) is 8.19. The maximum Gasteiger partial charge on any atom is 0.261 e. The average Bonchev–Trinajstić information content (AvgIpc) is 3.53. The lowest BCUT2D eigenvalue weighted by atomic mass is 10.0. The van der Waals surface area contributed by atoms with E-state index in [2.05, 4.69) is 57.2 Å². The van der Waals surface area contributed by atoms with Gasteiger partial charge < -0.3 is 0 Å². The van der Waals surface area contributed by atoms with E-state index in [4.69, 9.17) is 4.98 Å². The van der Waals surface area contributed by atoms with Crippen molar-refractivity contribution in [2.75, 3.05) is 0 Å². The van der Waals surface area contributed by atoms with Crippen LogP contribution in [0.2, 0.25) is 0 Å². The zero-order valence-electron chi connectivity index (χ0n) is 18.6. The summed E-state index contributed by atoms with van der Waals surface area (Å²) in [6.45, 7) is 4.65. The van der Waals surface area contributed by atoms with Crippen molar-refractivity contribution in [1.82, 2.24) is 30.2 Å². The Balaban J connectivity index is 1.49. The first kappa shape index (κ1) is 21.2. The minimum Gasteiger partial charge on any atom is -0.292 e. The summed E-state index contributed by atoms with van der Waals surface area (Å²) in [5.41, 5.74) is 6.06. The monoisotopic (exact) mass is 456 g/mol. The predicted octanol–water partition coefficient (Wildman–Crippen LogP) is 5.00. The van der Waals surface area contributed by atoms with Gasteiger partial charge in [0, 0.05) is 22.9 Å². The Morgan fingerprint density at radius 3 is 2.64 bits per heavy atom. The number of hydrogen-bond donors (Lipinski definition) is 1. The van der Waals surface area contributed by atoms with Crippen LogP contribution in [0.5, 0.6) is 0 Å². The zero-order valence-corrected chi connectivity index (χ0v) is 19.4. The number of rotatable bonds is 7. The van der Waals surface area contributed by atoms with Crippen LogP contribution in [-0.2, 0) is 13.0 Å². The lowest BCUT2D eigenvalue weighted by molar-refractivity contribution is 0.646. The van der Waals surface area contributed by atoms with Crippen molar-refractivity contribution in [2.24, 2.45) is 0 Å². The number of unbranched alkanes of at least 4 members (excludes halogenated alkanes) is 1. The topological polar surface area (TPSA) is 89.3 Å². The van der Waals surface area contributed by atoms with Crippen LogP contribution in [0.3, 0.4) is 0 Å². The fourth-order valence-corrected chi connectivity index (χ4v) is 4.86. The number of aromatic nitrogens is 6. The van der Waals surface area contributed by atoms with E-state index in [0.29, 0.717) is 17.8 Å². The van der Waals surface area contributed by atoms with Crippen LogP contribution in [0.15, 0.2) is 58.0 Å². The van der Waals surface area contributed by atoms with Gasteiger partial charge in [0.15, 0.2) is 5.82 Å². The molecule has 0 radical (unpaired) electrons. The number of hydrogen-bond acceptors (Lipinski definition) is 6. The molecule has 5 aromatic rings. The molecular formula is C25H24N6OS. The van der Waals surface area contributed by atoms with Crippen LogP contribution >= 0.6 is 11.3 Å². The van der Waals surface area contributed by atoms with Crippen molar-refractivity contribution in [2.45, 2.75) is 39.7 Å². The van der Waals surface area contributed by atoms with Crippen molar-refractivity contribution in [3.05, 3.63) is 80.5 Å². The molecule has 0 aliphatic carbocycles. The molecule has 3 heterocycles. The molecule has 1 N–H and O–H groups in total. The van der Waals surface area contributed by atoms with Crippen LogP contribution in [0.4, 0.5) is 0 Å². The van der Waals surface area contributed by atoms with Gasteiger partial charge in [0.2, 0.25) is 0 Å². The SMILES string of the molecule is CCCCc1nc2ccc(C)cc2c(=O)n1Cc1ccc(-c2cscc2-c2nnn[nH]2)cc1. The van der Waals surface area contributed by atoms with Crippen LogP contribution in [-0.4, -0.2) is 30.2 Å². The highest BCUT2D eigenvalue weighted by molar-refractivity contribution is 7.08. The van der Waals surface area contributed by atoms with Gasteiger partial charge in [-0.05, 0) is 52.4 Å². The van der Waals surface area contributed by atoms with Crippen LogP contribution in [0.25, 0.3) is 33.4 Å². The van der Waals surface area contributed by atoms with Gasteiger partial charge in [-0.2, -0.15) is 11.3 Å². The van der Waals surface area contributed by atoms with Gasteiger partial charge in [-0.15, -0.1) is 5.10 Å². The Hall–Kier alpha value is -3.65. The fourth-order valence-electron chi connectivity index (χ4n) is 4.02. The van der Waals surface area contributed by atoms with Crippen molar-refractivity contribution in [3.63, 3.8) is 0 Å². The third kappa shape index (κ3) is 4.21. The van der Waals surface area contributed by atoms with Gasteiger partial charge in [-0.25, -0.2) is 10.1 Å².